The van der Waals surface area contributed by atoms with Gasteiger partial charge in [0.2, 0.25) is 0 Å². The molecule has 0 bridgehead atoms. The second kappa shape index (κ2) is 12.3. The first kappa shape index (κ1) is 33.2. The second-order valence-electron chi connectivity index (χ2n) is 8.87. The molecule has 0 atom stereocenters. The van der Waals surface area contributed by atoms with Gasteiger partial charge >= 0.3 is 0 Å². The molecule has 0 amide bonds. The Morgan fingerprint density at radius 1 is 0.533 bits per heavy atom. The van der Waals surface area contributed by atoms with E-state index in [0.717, 1.165) is 18.2 Å². The van der Waals surface area contributed by atoms with Crippen molar-refractivity contribution in [2.45, 2.75) is 14.7 Å². The van der Waals surface area contributed by atoms with Crippen LogP contribution in [0.15, 0.2) is 89.7 Å². The summed E-state index contributed by atoms with van der Waals surface area (Å²) in [5, 5.41) is 16.7. The van der Waals surface area contributed by atoms with Crippen molar-refractivity contribution in [1.82, 2.24) is 0 Å². The molecule has 45 heavy (non-hydrogen) atoms. The normalized spacial score (nSPS) is 12.7. The molecular formula is C25H23N5O12S3. The summed E-state index contributed by atoms with van der Waals surface area (Å²) in [7, 11) is -10.4. The highest BCUT2D eigenvalue weighted by atomic mass is 32.2. The summed E-state index contributed by atoms with van der Waals surface area (Å²) in [4.78, 5) is -2.15. The van der Waals surface area contributed by atoms with E-state index in [2.05, 4.69) is 20.5 Å². The lowest BCUT2D eigenvalue weighted by Crippen LogP contribution is -2.03. The van der Waals surface area contributed by atoms with Gasteiger partial charge in [-0.1, -0.05) is 6.07 Å². The van der Waals surface area contributed by atoms with Gasteiger partial charge in [-0.15, -0.1) is 20.5 Å². The molecule has 5 N–H and O–H groups in total. The SMILES string of the molecule is COc1cc(N=Nc2cc(OC)c(N)c3ccc(S(=O)(=O)O)cc23)c(OC)cc1N=Nc1ccc(S(=O)(=O)O)cc1S(=O)(=O)O. The fraction of sp³-hybridized carbons (Fsp3) is 0.120. The predicted octanol–water partition coefficient (Wildman–Crippen LogP) is 5.02. The van der Waals surface area contributed by atoms with Gasteiger partial charge in [-0.25, -0.2) is 0 Å². The minimum Gasteiger partial charge on any atom is -0.494 e. The van der Waals surface area contributed by atoms with Crippen LogP contribution in [0.1, 0.15) is 0 Å². The molecule has 0 aliphatic carbocycles. The van der Waals surface area contributed by atoms with Crippen molar-refractivity contribution < 1.29 is 53.1 Å². The summed E-state index contributed by atoms with van der Waals surface area (Å²) in [6, 6.07) is 10.0. The number of benzene rings is 4. The van der Waals surface area contributed by atoms with E-state index >= 15 is 0 Å². The number of hydrogen-bond donors (Lipinski definition) is 4. The maximum atomic E-state index is 11.9. The van der Waals surface area contributed by atoms with Crippen molar-refractivity contribution in [2.75, 3.05) is 27.1 Å². The van der Waals surface area contributed by atoms with Gasteiger partial charge in [0.25, 0.3) is 30.4 Å². The molecule has 4 rings (SSSR count). The van der Waals surface area contributed by atoms with Crippen LogP contribution < -0.4 is 19.9 Å². The number of rotatable bonds is 10. The first-order chi connectivity index (χ1) is 21.0. The molecule has 4 aromatic rings. The minimum absolute atomic E-state index is 0.0224. The first-order valence-electron chi connectivity index (χ1n) is 12.0. The Morgan fingerprint density at radius 3 is 1.47 bits per heavy atom. The average Bonchev–Trinajstić information content (AvgIpc) is 2.97. The molecule has 0 aromatic heterocycles. The quantitative estimate of drug-likeness (QED) is 0.0974. The largest absolute Gasteiger partial charge is 0.494 e. The first-order valence-corrected chi connectivity index (χ1v) is 16.4. The number of hydrogen-bond acceptors (Lipinski definition) is 14. The fourth-order valence-electron chi connectivity index (χ4n) is 3.98. The van der Waals surface area contributed by atoms with Gasteiger partial charge in [0, 0.05) is 29.0 Å². The molecule has 0 fully saturated rings. The summed E-state index contributed by atoms with van der Waals surface area (Å²) in [5.74, 6) is 0.311. The van der Waals surface area contributed by atoms with Crippen LogP contribution in [0, 0.1) is 0 Å². The third-order valence-corrected chi connectivity index (χ3v) is 8.71. The van der Waals surface area contributed by atoms with Gasteiger partial charge in [-0.3, -0.25) is 13.7 Å². The van der Waals surface area contributed by atoms with Crippen molar-refractivity contribution in [3.8, 4) is 17.2 Å². The molecule has 20 heteroatoms. The molecular weight excluding hydrogens is 658 g/mol. The zero-order chi connectivity index (χ0) is 33.3. The van der Waals surface area contributed by atoms with Gasteiger partial charge in [0.05, 0.1) is 42.5 Å². The van der Waals surface area contributed by atoms with E-state index in [1.54, 1.807) is 0 Å². The van der Waals surface area contributed by atoms with Gasteiger partial charge in [-0.2, -0.15) is 25.3 Å². The van der Waals surface area contributed by atoms with Gasteiger partial charge in [0.15, 0.2) is 0 Å². The van der Waals surface area contributed by atoms with E-state index < -0.39 is 50.7 Å². The Bertz CT molecular complexity index is 2220. The van der Waals surface area contributed by atoms with E-state index in [9.17, 15) is 38.9 Å². The molecule has 0 spiro atoms. The van der Waals surface area contributed by atoms with Crippen molar-refractivity contribution >= 4 is 69.6 Å². The Morgan fingerprint density at radius 2 is 0.978 bits per heavy atom. The van der Waals surface area contributed by atoms with Crippen molar-refractivity contribution in [3.05, 3.63) is 54.6 Å². The summed E-state index contributed by atoms with van der Waals surface area (Å²) in [5.41, 5.74) is 6.03. The van der Waals surface area contributed by atoms with Crippen LogP contribution in [0.25, 0.3) is 10.8 Å². The van der Waals surface area contributed by atoms with Crippen LogP contribution >= 0.6 is 0 Å². The lowest BCUT2D eigenvalue weighted by molar-refractivity contribution is 0.405. The van der Waals surface area contributed by atoms with E-state index in [4.69, 9.17) is 19.9 Å². The molecule has 0 radical (unpaired) electrons. The number of methoxy groups -OCH3 is 3. The molecule has 17 nitrogen and oxygen atoms in total. The van der Waals surface area contributed by atoms with Crippen molar-refractivity contribution in [1.29, 1.82) is 0 Å². The number of anilines is 1. The van der Waals surface area contributed by atoms with Gasteiger partial charge in [-0.05, 0) is 30.3 Å². The molecule has 0 heterocycles. The lowest BCUT2D eigenvalue weighted by atomic mass is 10.1. The molecule has 0 unspecified atom stereocenters. The Labute approximate surface area is 256 Å². The Balaban J connectivity index is 1.82. The molecule has 238 valence electrons. The topological polar surface area (TPSA) is 266 Å². The van der Waals surface area contributed by atoms with Crippen LogP contribution in [0.4, 0.5) is 28.4 Å². The maximum absolute atomic E-state index is 11.9. The molecule has 4 aromatic carbocycles. The summed E-state index contributed by atoms with van der Waals surface area (Å²) in [6.45, 7) is 0. The standard InChI is InChI=1S/C25H23N5O12S3/c1-40-21-12-20(30-28-18-10-23(42-3)25(26)15-6-4-13(8-16(15)18)43(31,32)33)22(41-2)11-19(21)29-27-17-7-5-14(44(34,35)36)9-24(17)45(37,38)39/h4-12H,26H2,1-3H3,(H,31,32,33)(H,34,35,36)(H,37,38,39). The second-order valence-corrected chi connectivity index (χ2v) is 13.1. The van der Waals surface area contributed by atoms with Crippen LogP contribution in [0.2, 0.25) is 0 Å². The van der Waals surface area contributed by atoms with Crippen LogP contribution in [-0.4, -0.2) is 60.2 Å². The number of ether oxygens (including phenoxy) is 3. The molecule has 0 saturated carbocycles. The minimum atomic E-state index is -5.00. The molecule has 0 aliphatic rings. The van der Waals surface area contributed by atoms with Crippen LogP contribution in [0.3, 0.4) is 0 Å². The van der Waals surface area contributed by atoms with Crippen molar-refractivity contribution in [2.24, 2.45) is 20.5 Å². The Hall–Kier alpha value is -4.73. The highest BCUT2D eigenvalue weighted by molar-refractivity contribution is 7.86. The number of fused-ring (bicyclic) bond motifs is 1. The van der Waals surface area contributed by atoms with E-state index in [1.165, 1.54) is 51.7 Å². The summed E-state index contributed by atoms with van der Waals surface area (Å²) in [6.07, 6.45) is 0. The van der Waals surface area contributed by atoms with Crippen molar-refractivity contribution in [3.63, 3.8) is 0 Å². The van der Waals surface area contributed by atoms with Crippen LogP contribution in [0.5, 0.6) is 17.2 Å². The van der Waals surface area contributed by atoms with E-state index in [0.29, 0.717) is 11.5 Å². The summed E-state index contributed by atoms with van der Waals surface area (Å²) < 4.78 is 114. The molecule has 0 aliphatic heterocycles. The smallest absolute Gasteiger partial charge is 0.296 e. The monoisotopic (exact) mass is 681 g/mol. The number of nitrogens with zero attached hydrogens (tertiary/aromatic N) is 4. The van der Waals surface area contributed by atoms with Crippen LogP contribution in [-0.2, 0) is 30.4 Å². The van der Waals surface area contributed by atoms with E-state index in [-0.39, 0.29) is 45.4 Å². The van der Waals surface area contributed by atoms with E-state index in [1.807, 2.05) is 0 Å². The highest BCUT2D eigenvalue weighted by Crippen LogP contribution is 2.43. The third kappa shape index (κ3) is 7.16. The summed E-state index contributed by atoms with van der Waals surface area (Å²) >= 11 is 0. The number of nitrogens with two attached hydrogens (primary N) is 1. The predicted molar refractivity (Wildman–Crippen MR) is 159 cm³/mol. The number of nitrogen functional groups attached to an aromatic ring is 1. The van der Waals surface area contributed by atoms with Gasteiger partial charge in [0.1, 0.15) is 39.2 Å². The zero-order valence-corrected chi connectivity index (χ0v) is 25.8. The Kier molecular flexibility index (Phi) is 9.10. The maximum Gasteiger partial charge on any atom is 0.296 e. The zero-order valence-electron chi connectivity index (χ0n) is 23.3. The van der Waals surface area contributed by atoms with Gasteiger partial charge < -0.3 is 19.9 Å². The molecule has 0 saturated heterocycles. The lowest BCUT2D eigenvalue weighted by Gasteiger charge is -2.12. The fourth-order valence-corrected chi connectivity index (χ4v) is 5.71. The number of azo groups is 2. The third-order valence-electron chi connectivity index (χ3n) is 6.13. The average molecular weight is 682 g/mol. The highest BCUT2D eigenvalue weighted by Gasteiger charge is 2.21.